The molecule has 2 unspecified atom stereocenters. The van der Waals surface area contributed by atoms with E-state index in [4.69, 9.17) is 9.47 Å². The van der Waals surface area contributed by atoms with Gasteiger partial charge in [-0.05, 0) is 26.7 Å². The van der Waals surface area contributed by atoms with Gasteiger partial charge in [0.15, 0.2) is 5.78 Å². The Morgan fingerprint density at radius 2 is 1.95 bits per heavy atom. The number of aliphatic hydroxyl groups is 1. The molecule has 1 N–H and O–H groups in total. The van der Waals surface area contributed by atoms with Gasteiger partial charge >= 0.3 is 11.9 Å². The zero-order valence-electron chi connectivity index (χ0n) is 11.3. The first-order valence-corrected chi connectivity index (χ1v) is 6.49. The molecule has 0 spiro atoms. The van der Waals surface area contributed by atoms with E-state index in [0.717, 1.165) is 0 Å². The summed E-state index contributed by atoms with van der Waals surface area (Å²) in [4.78, 5) is 35.6. The Morgan fingerprint density at radius 1 is 1.32 bits per heavy atom. The monoisotopic (exact) mass is 272 g/mol. The number of ketones is 1. The van der Waals surface area contributed by atoms with Gasteiger partial charge in [-0.1, -0.05) is 0 Å². The van der Waals surface area contributed by atoms with Gasteiger partial charge in [0.1, 0.15) is 5.41 Å². The zero-order valence-corrected chi connectivity index (χ0v) is 11.3. The number of carbonyl (C=O) groups excluding carboxylic acids is 3. The Morgan fingerprint density at radius 3 is 2.47 bits per heavy atom. The van der Waals surface area contributed by atoms with Crippen LogP contribution in [0.4, 0.5) is 0 Å². The Bertz CT molecular complexity index is 364. The van der Waals surface area contributed by atoms with Crippen molar-refractivity contribution in [1.29, 1.82) is 0 Å². The summed E-state index contributed by atoms with van der Waals surface area (Å²) in [7, 11) is 0. The molecular weight excluding hydrogens is 252 g/mol. The third-order valence-corrected chi connectivity index (χ3v) is 3.40. The fraction of sp³-hybridized carbons (Fsp3) is 0.769. The van der Waals surface area contributed by atoms with Crippen molar-refractivity contribution in [3.05, 3.63) is 0 Å². The molecule has 0 heterocycles. The number of hydrogen-bond donors (Lipinski definition) is 1. The van der Waals surface area contributed by atoms with E-state index in [1.165, 1.54) is 0 Å². The summed E-state index contributed by atoms with van der Waals surface area (Å²) >= 11 is 0. The van der Waals surface area contributed by atoms with E-state index in [0.29, 0.717) is 6.42 Å². The number of Topliss-reactive ketones (excluding diaryl/α,β-unsaturated/α-hetero) is 1. The van der Waals surface area contributed by atoms with E-state index in [9.17, 15) is 19.5 Å². The molecule has 0 amide bonds. The van der Waals surface area contributed by atoms with Crippen molar-refractivity contribution in [2.75, 3.05) is 19.8 Å². The molecule has 6 nitrogen and oxygen atoms in total. The lowest BCUT2D eigenvalue weighted by Gasteiger charge is -2.34. The van der Waals surface area contributed by atoms with Crippen LogP contribution in [0.15, 0.2) is 0 Å². The summed E-state index contributed by atoms with van der Waals surface area (Å²) in [6, 6.07) is 0. The molecular formula is C13H20O6. The second-order valence-corrected chi connectivity index (χ2v) is 4.58. The van der Waals surface area contributed by atoms with Gasteiger partial charge in [0, 0.05) is 6.42 Å². The molecule has 1 saturated carbocycles. The van der Waals surface area contributed by atoms with Gasteiger partial charge in [-0.25, -0.2) is 0 Å². The van der Waals surface area contributed by atoms with Crippen LogP contribution in [0.25, 0.3) is 0 Å². The number of hydrogen-bond acceptors (Lipinski definition) is 6. The lowest BCUT2D eigenvalue weighted by atomic mass is 9.69. The fourth-order valence-corrected chi connectivity index (χ4v) is 2.33. The van der Waals surface area contributed by atoms with Crippen LogP contribution in [0.5, 0.6) is 0 Å². The molecule has 0 aliphatic heterocycles. The van der Waals surface area contributed by atoms with Gasteiger partial charge < -0.3 is 14.6 Å². The Hall–Kier alpha value is -1.43. The Balaban J connectivity index is 2.91. The largest absolute Gasteiger partial charge is 0.466 e. The maximum Gasteiger partial charge on any atom is 0.322 e. The SMILES string of the molecule is CCOC(=O)C1CCC(=O)C(CO)(C(=O)OCC)C1. The molecule has 0 bridgehead atoms. The standard InChI is InChI=1S/C13H20O6/c1-3-18-11(16)9-5-6-10(15)13(7-9,8-14)12(17)19-4-2/h9,14H,3-8H2,1-2H3. The number of rotatable bonds is 5. The number of ether oxygens (including phenoxy) is 2. The first kappa shape index (κ1) is 15.6. The van der Waals surface area contributed by atoms with Gasteiger partial charge in [0.25, 0.3) is 0 Å². The van der Waals surface area contributed by atoms with E-state index in [1.807, 2.05) is 0 Å². The molecule has 0 saturated heterocycles. The van der Waals surface area contributed by atoms with Crippen LogP contribution >= 0.6 is 0 Å². The Labute approximate surface area is 112 Å². The minimum absolute atomic E-state index is 0.0417. The molecule has 6 heteroatoms. The van der Waals surface area contributed by atoms with Crippen molar-refractivity contribution in [3.63, 3.8) is 0 Å². The van der Waals surface area contributed by atoms with Crippen molar-refractivity contribution in [2.24, 2.45) is 11.3 Å². The highest BCUT2D eigenvalue weighted by Crippen LogP contribution is 2.38. The van der Waals surface area contributed by atoms with Crippen molar-refractivity contribution in [1.82, 2.24) is 0 Å². The van der Waals surface area contributed by atoms with Crippen LogP contribution in [0.2, 0.25) is 0 Å². The molecule has 1 fully saturated rings. The van der Waals surface area contributed by atoms with E-state index in [1.54, 1.807) is 13.8 Å². The zero-order chi connectivity index (χ0) is 14.5. The normalized spacial score (nSPS) is 26.9. The van der Waals surface area contributed by atoms with Crippen molar-refractivity contribution in [3.8, 4) is 0 Å². The van der Waals surface area contributed by atoms with Crippen LogP contribution in [0, 0.1) is 11.3 Å². The molecule has 108 valence electrons. The van der Waals surface area contributed by atoms with E-state index >= 15 is 0 Å². The van der Waals surface area contributed by atoms with E-state index in [2.05, 4.69) is 0 Å². The topological polar surface area (TPSA) is 89.9 Å². The highest BCUT2D eigenvalue weighted by Gasteiger charge is 2.52. The molecule has 0 radical (unpaired) electrons. The van der Waals surface area contributed by atoms with Crippen LogP contribution in [-0.4, -0.2) is 42.6 Å². The summed E-state index contributed by atoms with van der Waals surface area (Å²) in [5.41, 5.74) is -1.61. The lowest BCUT2D eigenvalue weighted by Crippen LogP contribution is -2.49. The fourth-order valence-electron chi connectivity index (χ4n) is 2.33. The summed E-state index contributed by atoms with van der Waals surface area (Å²) in [6.45, 7) is 3.04. The van der Waals surface area contributed by atoms with Gasteiger partial charge in [0.05, 0.1) is 25.7 Å². The molecule has 1 rings (SSSR count). The average molecular weight is 272 g/mol. The van der Waals surface area contributed by atoms with Gasteiger partial charge in [0.2, 0.25) is 0 Å². The molecule has 0 aromatic carbocycles. The van der Waals surface area contributed by atoms with Crippen LogP contribution < -0.4 is 0 Å². The van der Waals surface area contributed by atoms with E-state index < -0.39 is 29.9 Å². The van der Waals surface area contributed by atoms with Crippen LogP contribution in [0.1, 0.15) is 33.1 Å². The number of carbonyl (C=O) groups is 3. The Kier molecular flexibility index (Phi) is 5.47. The molecule has 0 aromatic heterocycles. The van der Waals surface area contributed by atoms with Gasteiger partial charge in [-0.3, -0.25) is 14.4 Å². The van der Waals surface area contributed by atoms with Gasteiger partial charge in [-0.2, -0.15) is 0 Å². The highest BCUT2D eigenvalue weighted by molar-refractivity contribution is 6.05. The minimum Gasteiger partial charge on any atom is -0.466 e. The second-order valence-electron chi connectivity index (χ2n) is 4.58. The van der Waals surface area contributed by atoms with Crippen molar-refractivity contribution in [2.45, 2.75) is 33.1 Å². The quantitative estimate of drug-likeness (QED) is 0.577. The molecule has 1 aliphatic rings. The first-order chi connectivity index (χ1) is 9.01. The van der Waals surface area contributed by atoms with Crippen LogP contribution in [0.3, 0.4) is 0 Å². The molecule has 19 heavy (non-hydrogen) atoms. The maximum absolute atomic E-state index is 12.0. The van der Waals surface area contributed by atoms with E-state index in [-0.39, 0.29) is 31.8 Å². The predicted molar refractivity (Wildman–Crippen MR) is 65.1 cm³/mol. The summed E-state index contributed by atoms with van der Waals surface area (Å²) in [5, 5.41) is 9.46. The maximum atomic E-state index is 12.0. The van der Waals surface area contributed by atoms with Crippen molar-refractivity contribution < 1.29 is 29.0 Å². The average Bonchev–Trinajstić information content (AvgIpc) is 2.40. The lowest BCUT2D eigenvalue weighted by molar-refractivity contribution is -0.169. The molecule has 2 atom stereocenters. The smallest absolute Gasteiger partial charge is 0.322 e. The molecule has 0 aromatic rings. The highest BCUT2D eigenvalue weighted by atomic mass is 16.5. The first-order valence-electron chi connectivity index (χ1n) is 6.49. The third kappa shape index (κ3) is 3.12. The number of aliphatic hydroxyl groups excluding tert-OH is 1. The van der Waals surface area contributed by atoms with Crippen LogP contribution in [-0.2, 0) is 23.9 Å². The van der Waals surface area contributed by atoms with Crippen molar-refractivity contribution >= 4 is 17.7 Å². The minimum atomic E-state index is -1.61. The second kappa shape index (κ2) is 6.65. The summed E-state index contributed by atoms with van der Waals surface area (Å²) < 4.78 is 9.77. The third-order valence-electron chi connectivity index (χ3n) is 3.40. The molecule has 1 aliphatic carbocycles. The van der Waals surface area contributed by atoms with Gasteiger partial charge in [-0.15, -0.1) is 0 Å². The summed E-state index contributed by atoms with van der Waals surface area (Å²) in [5.74, 6) is -2.10. The summed E-state index contributed by atoms with van der Waals surface area (Å²) in [6.07, 6.45) is 0.377. The number of esters is 2. The predicted octanol–water partition coefficient (Wildman–Crippen LogP) is 0.460.